The molecule has 8 heteroatoms. The molecule has 5 rings (SSSR count). The van der Waals surface area contributed by atoms with E-state index in [0.29, 0.717) is 18.1 Å². The number of hydrogen-bond acceptors (Lipinski definition) is 5. The molecule has 3 aromatic heterocycles. The maximum Gasteiger partial charge on any atom is 0.264 e. The van der Waals surface area contributed by atoms with E-state index in [-0.39, 0.29) is 12.0 Å². The standard InChI is InChI=1S/C23H22ClN3O2S2/c24-17-7-5-16(6-8-17)20-14-27-18(15-31-23(27)25-20)9-10-26(13-19-3-1-11-29-19)22(28)21-4-2-12-30-21/h2,4-8,12,14-15,19H,1,3,9-11,13H2. The Morgan fingerprint density at radius 3 is 2.87 bits per heavy atom. The van der Waals surface area contributed by atoms with Crippen LogP contribution in [0.15, 0.2) is 53.4 Å². The summed E-state index contributed by atoms with van der Waals surface area (Å²) in [5.41, 5.74) is 3.12. The first-order valence-electron chi connectivity index (χ1n) is 10.3. The van der Waals surface area contributed by atoms with E-state index in [1.54, 1.807) is 11.3 Å². The van der Waals surface area contributed by atoms with E-state index >= 15 is 0 Å². The van der Waals surface area contributed by atoms with Gasteiger partial charge in [0.2, 0.25) is 0 Å². The number of halogens is 1. The number of aromatic nitrogens is 2. The van der Waals surface area contributed by atoms with Crippen LogP contribution in [-0.4, -0.2) is 46.0 Å². The highest BCUT2D eigenvalue weighted by atomic mass is 35.5. The largest absolute Gasteiger partial charge is 0.376 e. The van der Waals surface area contributed by atoms with Gasteiger partial charge in [0.1, 0.15) is 0 Å². The number of fused-ring (bicyclic) bond motifs is 1. The normalized spacial score (nSPS) is 16.2. The summed E-state index contributed by atoms with van der Waals surface area (Å²) >= 11 is 9.13. The molecule has 0 bridgehead atoms. The lowest BCUT2D eigenvalue weighted by Gasteiger charge is -2.25. The van der Waals surface area contributed by atoms with Gasteiger partial charge in [0.05, 0.1) is 16.7 Å². The maximum atomic E-state index is 13.1. The number of ether oxygens (including phenoxy) is 1. The van der Waals surface area contributed by atoms with Crippen LogP contribution >= 0.6 is 34.3 Å². The molecule has 1 aliphatic rings. The molecule has 1 aromatic carbocycles. The fraction of sp³-hybridized carbons (Fsp3) is 0.304. The Kier molecular flexibility index (Phi) is 6.09. The second-order valence-corrected chi connectivity index (χ2v) is 9.85. The lowest BCUT2D eigenvalue weighted by molar-refractivity contribution is 0.0532. The summed E-state index contributed by atoms with van der Waals surface area (Å²) in [5.74, 6) is 0.0875. The molecule has 5 nitrogen and oxygen atoms in total. The first-order chi connectivity index (χ1) is 15.2. The summed E-state index contributed by atoms with van der Waals surface area (Å²) in [5, 5.41) is 4.80. The number of nitrogens with zero attached hydrogens (tertiary/aromatic N) is 3. The number of rotatable bonds is 7. The Balaban J connectivity index is 1.34. The minimum atomic E-state index is 0.0875. The molecule has 1 atom stereocenters. The summed E-state index contributed by atoms with van der Waals surface area (Å²) in [6.45, 7) is 2.08. The van der Waals surface area contributed by atoms with Crippen molar-refractivity contribution in [3.8, 4) is 11.3 Å². The van der Waals surface area contributed by atoms with E-state index < -0.39 is 0 Å². The molecule has 0 radical (unpaired) electrons. The second kappa shape index (κ2) is 9.12. The van der Waals surface area contributed by atoms with Gasteiger partial charge in [-0.2, -0.15) is 0 Å². The molecule has 4 heterocycles. The van der Waals surface area contributed by atoms with Crippen LogP contribution in [0.25, 0.3) is 16.2 Å². The maximum absolute atomic E-state index is 13.1. The van der Waals surface area contributed by atoms with Gasteiger partial charge < -0.3 is 9.64 Å². The fourth-order valence-electron chi connectivity index (χ4n) is 3.88. The van der Waals surface area contributed by atoms with Gasteiger partial charge in [-0.1, -0.05) is 29.8 Å². The van der Waals surface area contributed by atoms with Crippen molar-refractivity contribution in [2.24, 2.45) is 0 Å². The monoisotopic (exact) mass is 471 g/mol. The van der Waals surface area contributed by atoms with Crippen LogP contribution < -0.4 is 0 Å². The SMILES string of the molecule is O=C(c1cccs1)N(CCc1csc2nc(-c3ccc(Cl)cc3)cn12)CC1CCCO1. The molecular formula is C23H22ClN3O2S2. The summed E-state index contributed by atoms with van der Waals surface area (Å²) in [6, 6.07) is 11.5. The van der Waals surface area contributed by atoms with Crippen LogP contribution in [-0.2, 0) is 11.2 Å². The van der Waals surface area contributed by atoms with Crippen LogP contribution in [0.4, 0.5) is 0 Å². The molecule has 31 heavy (non-hydrogen) atoms. The first-order valence-corrected chi connectivity index (χ1v) is 12.5. The van der Waals surface area contributed by atoms with Gasteiger partial charge in [-0.3, -0.25) is 9.20 Å². The molecule has 0 spiro atoms. The summed E-state index contributed by atoms with van der Waals surface area (Å²) in [4.78, 5) is 21.5. The van der Waals surface area contributed by atoms with E-state index in [2.05, 4.69) is 16.0 Å². The number of benzene rings is 1. The van der Waals surface area contributed by atoms with E-state index in [4.69, 9.17) is 21.3 Å². The number of thiazole rings is 1. The lowest BCUT2D eigenvalue weighted by atomic mass is 10.2. The third-order valence-corrected chi connectivity index (χ3v) is 7.53. The van der Waals surface area contributed by atoms with E-state index in [1.807, 2.05) is 46.7 Å². The fourth-order valence-corrected chi connectivity index (χ4v) is 5.61. The van der Waals surface area contributed by atoms with Gasteiger partial charge in [-0.15, -0.1) is 22.7 Å². The molecule has 4 aromatic rings. The predicted molar refractivity (Wildman–Crippen MR) is 126 cm³/mol. The number of carbonyl (C=O) groups excluding carboxylic acids is 1. The summed E-state index contributed by atoms with van der Waals surface area (Å²) in [6.07, 6.45) is 5.05. The van der Waals surface area contributed by atoms with Crippen LogP contribution in [0.3, 0.4) is 0 Å². The molecule has 0 N–H and O–H groups in total. The number of amides is 1. The van der Waals surface area contributed by atoms with Crippen molar-refractivity contribution in [1.82, 2.24) is 14.3 Å². The second-order valence-electron chi connectivity index (χ2n) is 7.63. The molecule has 1 amide bonds. The molecule has 1 fully saturated rings. The van der Waals surface area contributed by atoms with Crippen molar-refractivity contribution in [2.45, 2.75) is 25.4 Å². The Morgan fingerprint density at radius 2 is 2.13 bits per heavy atom. The lowest BCUT2D eigenvalue weighted by Crippen LogP contribution is -2.38. The predicted octanol–water partition coefficient (Wildman–Crippen LogP) is 5.64. The quantitative estimate of drug-likeness (QED) is 0.350. The molecule has 0 aliphatic carbocycles. The van der Waals surface area contributed by atoms with Crippen molar-refractivity contribution >= 4 is 45.1 Å². The molecule has 1 aliphatic heterocycles. The minimum Gasteiger partial charge on any atom is -0.376 e. The first kappa shape index (κ1) is 20.7. The smallest absolute Gasteiger partial charge is 0.264 e. The highest BCUT2D eigenvalue weighted by Crippen LogP contribution is 2.25. The molecule has 0 saturated carbocycles. The summed E-state index contributed by atoms with van der Waals surface area (Å²) < 4.78 is 7.94. The Hall–Kier alpha value is -2.19. The van der Waals surface area contributed by atoms with Gasteiger partial charge >= 0.3 is 0 Å². The number of carbonyl (C=O) groups is 1. The highest BCUT2D eigenvalue weighted by molar-refractivity contribution is 7.15. The average molecular weight is 472 g/mol. The van der Waals surface area contributed by atoms with Gasteiger partial charge in [0, 0.05) is 54.0 Å². The Bertz CT molecular complexity index is 1160. The zero-order valence-corrected chi connectivity index (χ0v) is 19.3. The van der Waals surface area contributed by atoms with E-state index in [0.717, 1.165) is 52.7 Å². The zero-order chi connectivity index (χ0) is 21.2. The molecule has 160 valence electrons. The highest BCUT2D eigenvalue weighted by Gasteiger charge is 2.24. The Labute approximate surface area is 193 Å². The van der Waals surface area contributed by atoms with E-state index in [9.17, 15) is 4.79 Å². The van der Waals surface area contributed by atoms with Gasteiger partial charge in [0.15, 0.2) is 4.96 Å². The van der Waals surface area contributed by atoms with Crippen LogP contribution in [0.5, 0.6) is 0 Å². The van der Waals surface area contributed by atoms with Crippen molar-refractivity contribution in [3.05, 3.63) is 68.9 Å². The third-order valence-electron chi connectivity index (χ3n) is 5.53. The van der Waals surface area contributed by atoms with Gasteiger partial charge in [0.25, 0.3) is 5.91 Å². The van der Waals surface area contributed by atoms with Crippen molar-refractivity contribution < 1.29 is 9.53 Å². The number of thiophene rings is 1. The number of imidazole rings is 1. The van der Waals surface area contributed by atoms with Crippen molar-refractivity contribution in [3.63, 3.8) is 0 Å². The molecular weight excluding hydrogens is 450 g/mol. The minimum absolute atomic E-state index is 0.0875. The van der Waals surface area contributed by atoms with Crippen molar-refractivity contribution in [2.75, 3.05) is 19.7 Å². The molecule has 1 unspecified atom stereocenters. The van der Waals surface area contributed by atoms with Gasteiger partial charge in [-0.25, -0.2) is 4.98 Å². The van der Waals surface area contributed by atoms with Gasteiger partial charge in [-0.05, 0) is 36.4 Å². The molecule has 1 saturated heterocycles. The average Bonchev–Trinajstić information content (AvgIpc) is 3.57. The van der Waals surface area contributed by atoms with Crippen LogP contribution in [0, 0.1) is 0 Å². The Morgan fingerprint density at radius 1 is 1.26 bits per heavy atom. The topological polar surface area (TPSA) is 46.8 Å². The van der Waals surface area contributed by atoms with Crippen LogP contribution in [0.2, 0.25) is 5.02 Å². The number of hydrogen-bond donors (Lipinski definition) is 0. The van der Waals surface area contributed by atoms with Crippen molar-refractivity contribution in [1.29, 1.82) is 0 Å². The van der Waals surface area contributed by atoms with E-state index in [1.165, 1.54) is 11.3 Å². The zero-order valence-electron chi connectivity index (χ0n) is 16.9. The summed E-state index contributed by atoms with van der Waals surface area (Å²) in [7, 11) is 0. The van der Waals surface area contributed by atoms with Crippen LogP contribution in [0.1, 0.15) is 28.2 Å². The third kappa shape index (κ3) is 4.55.